The van der Waals surface area contributed by atoms with E-state index in [1.165, 1.54) is 11.3 Å². The molecule has 2 aliphatic rings. The second-order valence-electron chi connectivity index (χ2n) is 7.82. The summed E-state index contributed by atoms with van der Waals surface area (Å²) in [6, 6.07) is 6.60. The van der Waals surface area contributed by atoms with Gasteiger partial charge in [-0.2, -0.15) is 0 Å². The third-order valence-electron chi connectivity index (χ3n) is 6.02. The Bertz CT molecular complexity index is 1020. The second-order valence-corrected chi connectivity index (χ2v) is 9.62. The van der Waals surface area contributed by atoms with E-state index in [2.05, 4.69) is 15.9 Å². The summed E-state index contributed by atoms with van der Waals surface area (Å²) in [6.45, 7) is 1.98. The van der Waals surface area contributed by atoms with E-state index in [9.17, 15) is 14.7 Å². The molecule has 1 aromatic carbocycles. The van der Waals surface area contributed by atoms with E-state index in [0.29, 0.717) is 15.8 Å². The second kappa shape index (κ2) is 8.55. The Balaban J connectivity index is 1.87. The minimum absolute atomic E-state index is 0.0228. The lowest BCUT2D eigenvalue weighted by molar-refractivity contribution is -0.141. The number of carbonyl (C=O) groups excluding carboxylic acids is 2. The first-order valence-corrected chi connectivity index (χ1v) is 11.8. The van der Waals surface area contributed by atoms with Crippen LogP contribution in [-0.4, -0.2) is 34.8 Å². The summed E-state index contributed by atoms with van der Waals surface area (Å²) in [6.07, 6.45) is 5.04. The molecule has 158 valence electrons. The van der Waals surface area contributed by atoms with Crippen LogP contribution >= 0.6 is 27.3 Å². The molecular formula is C23H24BrNO4S. The van der Waals surface area contributed by atoms with Crippen LogP contribution in [0.2, 0.25) is 0 Å². The van der Waals surface area contributed by atoms with Gasteiger partial charge in [0.15, 0.2) is 0 Å². The molecule has 5 nitrogen and oxygen atoms in total. The first kappa shape index (κ1) is 21.1. The smallest absolute Gasteiger partial charge is 0.295 e. The highest BCUT2D eigenvalue weighted by atomic mass is 79.9. The van der Waals surface area contributed by atoms with Crippen LogP contribution in [0.4, 0.5) is 0 Å². The maximum absolute atomic E-state index is 13.2. The largest absolute Gasteiger partial charge is 0.507 e. The van der Waals surface area contributed by atoms with Crippen LogP contribution in [0, 0.1) is 6.92 Å². The van der Waals surface area contributed by atoms with Gasteiger partial charge in [-0.25, -0.2) is 0 Å². The molecule has 4 rings (SSSR count). The van der Waals surface area contributed by atoms with E-state index in [-0.39, 0.29) is 17.4 Å². The molecule has 1 saturated carbocycles. The molecule has 2 aromatic rings. The van der Waals surface area contributed by atoms with Crippen molar-refractivity contribution in [2.75, 3.05) is 7.11 Å². The average Bonchev–Trinajstić information content (AvgIpc) is 3.28. The number of halogens is 1. The first-order valence-electron chi connectivity index (χ1n) is 10.1. The van der Waals surface area contributed by atoms with Gasteiger partial charge in [0.1, 0.15) is 17.6 Å². The molecule has 30 heavy (non-hydrogen) atoms. The molecule has 1 saturated heterocycles. The van der Waals surface area contributed by atoms with Crippen molar-refractivity contribution < 1.29 is 19.4 Å². The standard InChI is InChI=1S/C23H24BrNO4S/c1-13-10-11-30-22(13)19-18(20(26)14-8-9-17(29-2)16(24)12-14)21(27)23(28)25(19)15-6-4-3-5-7-15/h8-12,15,19,26H,3-7H2,1-2H3/b20-18-. The van der Waals surface area contributed by atoms with Crippen molar-refractivity contribution >= 4 is 44.7 Å². The molecule has 1 unspecified atom stereocenters. The van der Waals surface area contributed by atoms with Gasteiger partial charge in [-0.15, -0.1) is 11.3 Å². The molecule has 1 aliphatic carbocycles. The van der Waals surface area contributed by atoms with Gasteiger partial charge in [0.05, 0.1) is 17.2 Å². The first-order chi connectivity index (χ1) is 14.4. The lowest BCUT2D eigenvalue weighted by Gasteiger charge is -2.35. The highest BCUT2D eigenvalue weighted by Gasteiger charge is 2.49. The number of benzene rings is 1. The number of aliphatic hydroxyl groups excluding tert-OH is 1. The average molecular weight is 490 g/mol. The minimum Gasteiger partial charge on any atom is -0.507 e. The number of thiophene rings is 1. The van der Waals surface area contributed by atoms with Gasteiger partial charge >= 0.3 is 0 Å². The van der Waals surface area contributed by atoms with E-state index in [0.717, 1.165) is 42.5 Å². The third-order valence-corrected chi connectivity index (χ3v) is 7.71. The summed E-state index contributed by atoms with van der Waals surface area (Å²) in [7, 11) is 1.56. The maximum Gasteiger partial charge on any atom is 0.295 e. The van der Waals surface area contributed by atoms with Gasteiger partial charge in [-0.05, 0) is 70.9 Å². The molecule has 0 bridgehead atoms. The zero-order valence-corrected chi connectivity index (χ0v) is 19.4. The van der Waals surface area contributed by atoms with Crippen LogP contribution in [-0.2, 0) is 9.59 Å². The van der Waals surface area contributed by atoms with Gasteiger partial charge in [-0.3, -0.25) is 9.59 Å². The number of rotatable bonds is 4. The van der Waals surface area contributed by atoms with E-state index >= 15 is 0 Å². The van der Waals surface area contributed by atoms with Crippen molar-refractivity contribution in [3.63, 3.8) is 0 Å². The van der Waals surface area contributed by atoms with Crippen molar-refractivity contribution in [2.24, 2.45) is 0 Å². The van der Waals surface area contributed by atoms with Crippen LogP contribution in [0.15, 0.2) is 39.7 Å². The quantitative estimate of drug-likeness (QED) is 0.345. The summed E-state index contributed by atoms with van der Waals surface area (Å²) in [5.41, 5.74) is 1.67. The fourth-order valence-corrected chi connectivity index (χ4v) is 6.05. The summed E-state index contributed by atoms with van der Waals surface area (Å²) in [5, 5.41) is 13.2. The minimum atomic E-state index is -0.609. The van der Waals surface area contributed by atoms with E-state index in [1.54, 1.807) is 30.2 Å². The fourth-order valence-electron chi connectivity index (χ4n) is 4.48. The lowest BCUT2D eigenvalue weighted by atomic mass is 9.92. The van der Waals surface area contributed by atoms with Gasteiger partial charge in [0.2, 0.25) is 0 Å². The van der Waals surface area contributed by atoms with Gasteiger partial charge in [-0.1, -0.05) is 19.3 Å². The Morgan fingerprint density at radius 1 is 1.20 bits per heavy atom. The number of ketones is 1. The van der Waals surface area contributed by atoms with Crippen molar-refractivity contribution in [3.05, 3.63) is 55.7 Å². The summed E-state index contributed by atoms with van der Waals surface area (Å²) in [4.78, 5) is 29.0. The van der Waals surface area contributed by atoms with Gasteiger partial charge < -0.3 is 14.7 Å². The van der Waals surface area contributed by atoms with E-state index in [1.807, 2.05) is 18.4 Å². The van der Waals surface area contributed by atoms with Crippen LogP contribution < -0.4 is 4.74 Å². The maximum atomic E-state index is 13.2. The van der Waals surface area contributed by atoms with Crippen molar-refractivity contribution in [1.29, 1.82) is 0 Å². The summed E-state index contributed by atoms with van der Waals surface area (Å²) in [5.74, 6) is -0.635. The van der Waals surface area contributed by atoms with Gasteiger partial charge in [0, 0.05) is 16.5 Å². The lowest BCUT2D eigenvalue weighted by Crippen LogP contribution is -2.40. The number of methoxy groups -OCH3 is 1. The zero-order chi connectivity index (χ0) is 21.4. The molecule has 1 aliphatic heterocycles. The summed E-state index contributed by atoms with van der Waals surface area (Å²) < 4.78 is 5.93. The van der Waals surface area contributed by atoms with E-state index in [4.69, 9.17) is 4.74 Å². The summed E-state index contributed by atoms with van der Waals surface area (Å²) >= 11 is 4.96. The number of Topliss-reactive ketones (excluding diaryl/α,β-unsaturated/α-hetero) is 1. The number of ether oxygens (including phenoxy) is 1. The predicted molar refractivity (Wildman–Crippen MR) is 121 cm³/mol. The van der Waals surface area contributed by atoms with Crippen molar-refractivity contribution in [2.45, 2.75) is 51.1 Å². The molecule has 1 atom stereocenters. The zero-order valence-electron chi connectivity index (χ0n) is 17.0. The van der Waals surface area contributed by atoms with Crippen LogP contribution in [0.25, 0.3) is 5.76 Å². The Morgan fingerprint density at radius 2 is 1.93 bits per heavy atom. The van der Waals surface area contributed by atoms with Crippen LogP contribution in [0.5, 0.6) is 5.75 Å². The number of hydrogen-bond acceptors (Lipinski definition) is 5. The van der Waals surface area contributed by atoms with Gasteiger partial charge in [0.25, 0.3) is 11.7 Å². The number of aryl methyl sites for hydroxylation is 1. The Kier molecular flexibility index (Phi) is 6.02. The van der Waals surface area contributed by atoms with E-state index < -0.39 is 17.7 Å². The number of likely N-dealkylation sites (tertiary alicyclic amines) is 1. The SMILES string of the molecule is COc1ccc(/C(O)=C2/C(=O)C(=O)N(C3CCCCC3)C2c2sccc2C)cc1Br. The van der Waals surface area contributed by atoms with Crippen LogP contribution in [0.1, 0.15) is 54.1 Å². The topological polar surface area (TPSA) is 66.8 Å². The molecule has 2 fully saturated rings. The number of carbonyl (C=O) groups is 2. The molecular weight excluding hydrogens is 466 g/mol. The Hall–Kier alpha value is -2.12. The van der Waals surface area contributed by atoms with Crippen molar-refractivity contribution in [1.82, 2.24) is 4.90 Å². The molecule has 7 heteroatoms. The number of hydrogen-bond donors (Lipinski definition) is 1. The fraction of sp³-hybridized carbons (Fsp3) is 0.391. The molecule has 2 heterocycles. The normalized spacial score (nSPS) is 22.0. The van der Waals surface area contributed by atoms with Crippen LogP contribution in [0.3, 0.4) is 0 Å². The van der Waals surface area contributed by atoms with Crippen molar-refractivity contribution in [3.8, 4) is 5.75 Å². The molecule has 1 N–H and O–H groups in total. The predicted octanol–water partition coefficient (Wildman–Crippen LogP) is 5.58. The number of aliphatic hydroxyl groups is 1. The Morgan fingerprint density at radius 3 is 2.53 bits per heavy atom. The number of nitrogens with zero attached hydrogens (tertiary/aromatic N) is 1. The molecule has 0 radical (unpaired) electrons. The monoisotopic (exact) mass is 489 g/mol. The third kappa shape index (κ3) is 3.58. The number of amides is 1. The molecule has 0 spiro atoms. The highest BCUT2D eigenvalue weighted by molar-refractivity contribution is 9.10. The molecule has 1 amide bonds. The molecule has 1 aromatic heterocycles. The Labute approximate surface area is 188 Å². The highest BCUT2D eigenvalue weighted by Crippen LogP contribution is 2.45.